The molecule has 0 aliphatic carbocycles. The number of carbonyl (C=O) groups excluding carboxylic acids is 2. The van der Waals surface area contributed by atoms with E-state index in [1.54, 1.807) is 62.1 Å². The predicted molar refractivity (Wildman–Crippen MR) is 168 cm³/mol. The Hall–Kier alpha value is -4.72. The number of piperidine rings is 1. The van der Waals surface area contributed by atoms with Gasteiger partial charge in [-0.1, -0.05) is 18.2 Å². The number of carbonyl (C=O) groups is 2. The molecule has 242 valence electrons. The first kappa shape index (κ1) is 32.7. The van der Waals surface area contributed by atoms with Crippen molar-refractivity contribution in [3.8, 4) is 22.1 Å². The van der Waals surface area contributed by atoms with Crippen molar-refractivity contribution < 1.29 is 32.2 Å². The van der Waals surface area contributed by atoms with E-state index in [-0.39, 0.29) is 41.8 Å². The van der Waals surface area contributed by atoms with Crippen molar-refractivity contribution in [1.82, 2.24) is 20.5 Å². The molecule has 4 aromatic rings. The average Bonchev–Trinajstić information content (AvgIpc) is 3.51. The summed E-state index contributed by atoms with van der Waals surface area (Å²) in [6.07, 6.45) is -1.20. The number of benzene rings is 2. The van der Waals surface area contributed by atoms with E-state index in [2.05, 4.69) is 25.8 Å². The van der Waals surface area contributed by atoms with Crippen molar-refractivity contribution in [1.29, 1.82) is 0 Å². The normalized spacial score (nSPS) is 15.3. The summed E-state index contributed by atoms with van der Waals surface area (Å²) in [7, 11) is 0. The highest BCUT2D eigenvalue weighted by molar-refractivity contribution is 7.13. The first-order valence-corrected chi connectivity index (χ1v) is 15.5. The number of anilines is 2. The quantitative estimate of drug-likeness (QED) is 0.202. The lowest BCUT2D eigenvalue weighted by Gasteiger charge is -2.37. The highest BCUT2D eigenvalue weighted by Gasteiger charge is 2.41. The molecule has 0 spiro atoms. The van der Waals surface area contributed by atoms with Gasteiger partial charge in [-0.15, -0.1) is 11.3 Å². The minimum Gasteiger partial charge on any atom is -0.457 e. The number of hydrogen-bond acceptors (Lipinski definition) is 9. The number of aromatic nitrogens is 3. The van der Waals surface area contributed by atoms with Crippen LogP contribution >= 0.6 is 11.3 Å². The van der Waals surface area contributed by atoms with E-state index in [1.807, 2.05) is 0 Å². The van der Waals surface area contributed by atoms with Crippen LogP contribution in [0.15, 0.2) is 66.3 Å². The number of amides is 2. The minimum atomic E-state index is -4.84. The molecule has 2 amide bonds. The molecule has 0 saturated carbocycles. The molecule has 2 N–H and O–H groups in total. The number of ether oxygens (including phenoxy) is 2. The first-order valence-electron chi connectivity index (χ1n) is 14.6. The van der Waals surface area contributed by atoms with E-state index in [9.17, 15) is 22.8 Å². The summed E-state index contributed by atoms with van der Waals surface area (Å²) in [6, 6.07) is 12.5. The molecule has 0 bridgehead atoms. The number of halogens is 3. The summed E-state index contributed by atoms with van der Waals surface area (Å²) in [6.45, 7) is 5.93. The molecule has 2 aromatic carbocycles. The fraction of sp³-hybridized carbons (Fsp3) is 0.344. The van der Waals surface area contributed by atoms with E-state index in [1.165, 1.54) is 41.2 Å². The Balaban J connectivity index is 1.48. The van der Waals surface area contributed by atoms with Gasteiger partial charge in [-0.05, 0) is 69.9 Å². The average molecular weight is 655 g/mol. The van der Waals surface area contributed by atoms with E-state index < -0.39 is 35.1 Å². The number of rotatable bonds is 8. The summed E-state index contributed by atoms with van der Waals surface area (Å²) in [4.78, 5) is 31.6. The smallest absolute Gasteiger partial charge is 0.422 e. The molecule has 2 aromatic heterocycles. The molecule has 1 fully saturated rings. The van der Waals surface area contributed by atoms with Gasteiger partial charge in [0.15, 0.2) is 0 Å². The van der Waals surface area contributed by atoms with Gasteiger partial charge in [0.25, 0.3) is 5.91 Å². The molecule has 10 nitrogen and oxygen atoms in total. The summed E-state index contributed by atoms with van der Waals surface area (Å²) in [5.74, 6) is -1.02. The van der Waals surface area contributed by atoms with Crippen LogP contribution in [-0.2, 0) is 10.9 Å². The van der Waals surface area contributed by atoms with Gasteiger partial charge in [-0.3, -0.25) is 4.79 Å². The number of para-hydroxylation sites is 1. The Labute approximate surface area is 268 Å². The maximum absolute atomic E-state index is 15.0. The van der Waals surface area contributed by atoms with E-state index >= 15 is 0 Å². The third-order valence-corrected chi connectivity index (χ3v) is 7.87. The Morgan fingerprint density at radius 2 is 1.85 bits per heavy atom. The maximum Gasteiger partial charge on any atom is 0.422 e. The Kier molecular flexibility index (Phi) is 9.75. The molecule has 1 saturated heterocycles. The standard InChI is InChI=1S/C32H33F3N6O4S/c1-31(2,3)45-30(43)36-16-20-8-7-15-41(18-20)27-23(39-28(42)24-19-46-29(40-24)21-13-14-37-38-17-21)11-12-25(26(27)32(33,34)35)44-22-9-5-4-6-10-22/h4-6,9-14,17,19-20H,7-8,15-16,18H2,1-3H3,(H,36,43)(H,39,42)/t20-/m0/s1. The second-order valence-corrected chi connectivity index (χ2v) is 12.6. The summed E-state index contributed by atoms with van der Waals surface area (Å²) < 4.78 is 56.1. The maximum atomic E-state index is 15.0. The van der Waals surface area contributed by atoms with Gasteiger partial charge in [-0.25, -0.2) is 9.78 Å². The summed E-state index contributed by atoms with van der Waals surface area (Å²) in [5.41, 5.74) is -1.27. The molecular weight excluding hydrogens is 621 g/mol. The molecule has 0 radical (unpaired) electrons. The van der Waals surface area contributed by atoms with Crippen molar-refractivity contribution in [2.75, 3.05) is 29.9 Å². The molecule has 5 rings (SSSR count). The lowest BCUT2D eigenvalue weighted by Crippen LogP contribution is -2.43. The minimum absolute atomic E-state index is 0.0408. The van der Waals surface area contributed by atoms with Gasteiger partial charge in [0, 0.05) is 30.6 Å². The second kappa shape index (κ2) is 13.7. The highest BCUT2D eigenvalue weighted by Crippen LogP contribution is 2.48. The van der Waals surface area contributed by atoms with Crippen LogP contribution in [0.5, 0.6) is 11.5 Å². The lowest BCUT2D eigenvalue weighted by atomic mass is 9.96. The molecule has 1 atom stereocenters. The third-order valence-electron chi connectivity index (χ3n) is 6.98. The number of thiazole rings is 1. The summed E-state index contributed by atoms with van der Waals surface area (Å²) >= 11 is 1.20. The number of alkyl halides is 3. The van der Waals surface area contributed by atoms with Gasteiger partial charge in [-0.2, -0.15) is 23.4 Å². The van der Waals surface area contributed by atoms with Gasteiger partial charge >= 0.3 is 12.3 Å². The van der Waals surface area contributed by atoms with E-state index in [0.29, 0.717) is 30.0 Å². The number of nitrogens with one attached hydrogen (secondary N) is 2. The third kappa shape index (κ3) is 8.30. The van der Waals surface area contributed by atoms with E-state index in [4.69, 9.17) is 9.47 Å². The number of nitrogens with zero attached hydrogens (tertiary/aromatic N) is 4. The lowest BCUT2D eigenvalue weighted by molar-refractivity contribution is -0.138. The zero-order valence-electron chi connectivity index (χ0n) is 25.4. The number of hydrogen-bond donors (Lipinski definition) is 2. The summed E-state index contributed by atoms with van der Waals surface area (Å²) in [5, 5.41) is 15.0. The van der Waals surface area contributed by atoms with Crippen LogP contribution < -0.4 is 20.3 Å². The molecule has 3 heterocycles. The van der Waals surface area contributed by atoms with Crippen LogP contribution in [0.4, 0.5) is 29.3 Å². The van der Waals surface area contributed by atoms with Crippen LogP contribution in [0.1, 0.15) is 49.7 Å². The van der Waals surface area contributed by atoms with Gasteiger partial charge < -0.3 is 25.0 Å². The molecule has 46 heavy (non-hydrogen) atoms. The van der Waals surface area contributed by atoms with Crippen LogP contribution in [0.25, 0.3) is 10.6 Å². The second-order valence-electron chi connectivity index (χ2n) is 11.7. The van der Waals surface area contributed by atoms with Crippen LogP contribution in [-0.4, -0.2) is 52.4 Å². The molecule has 1 aliphatic rings. The fourth-order valence-corrected chi connectivity index (χ4v) is 5.86. The zero-order valence-corrected chi connectivity index (χ0v) is 26.2. The monoisotopic (exact) mass is 654 g/mol. The molecule has 14 heteroatoms. The largest absolute Gasteiger partial charge is 0.457 e. The van der Waals surface area contributed by atoms with E-state index in [0.717, 1.165) is 0 Å². The van der Waals surface area contributed by atoms with Crippen molar-refractivity contribution in [2.24, 2.45) is 5.92 Å². The first-order chi connectivity index (χ1) is 21.9. The molecule has 1 aliphatic heterocycles. The van der Waals surface area contributed by atoms with Crippen LogP contribution in [0.2, 0.25) is 0 Å². The predicted octanol–water partition coefficient (Wildman–Crippen LogP) is 7.40. The van der Waals surface area contributed by atoms with Crippen molar-refractivity contribution in [3.05, 3.63) is 77.6 Å². The van der Waals surface area contributed by atoms with Crippen molar-refractivity contribution in [3.63, 3.8) is 0 Å². The Morgan fingerprint density at radius 3 is 2.54 bits per heavy atom. The van der Waals surface area contributed by atoms with Gasteiger partial charge in [0.1, 0.15) is 33.4 Å². The van der Waals surface area contributed by atoms with Crippen LogP contribution in [0.3, 0.4) is 0 Å². The van der Waals surface area contributed by atoms with Crippen LogP contribution in [0, 0.1) is 5.92 Å². The van der Waals surface area contributed by atoms with Gasteiger partial charge in [0.2, 0.25) is 0 Å². The van der Waals surface area contributed by atoms with Gasteiger partial charge in [0.05, 0.1) is 23.8 Å². The zero-order chi connectivity index (χ0) is 32.9. The highest BCUT2D eigenvalue weighted by atomic mass is 32.1. The SMILES string of the molecule is CC(C)(C)OC(=O)NC[C@@H]1CCCN(c2c(NC(=O)c3csc(-c4ccnnc4)n3)ccc(Oc3ccccc3)c2C(F)(F)F)C1. The van der Waals surface area contributed by atoms with Crippen molar-refractivity contribution >= 4 is 34.7 Å². The Morgan fingerprint density at radius 1 is 1.07 bits per heavy atom. The fourth-order valence-electron chi connectivity index (χ4n) is 5.07. The Bertz CT molecular complexity index is 1660. The molecular formula is C32H33F3N6O4S. The topological polar surface area (TPSA) is 119 Å². The molecule has 0 unspecified atom stereocenters. The number of alkyl carbamates (subject to hydrolysis) is 1. The van der Waals surface area contributed by atoms with Crippen molar-refractivity contribution in [2.45, 2.75) is 45.4 Å².